The van der Waals surface area contributed by atoms with Crippen molar-refractivity contribution in [2.24, 2.45) is 0 Å². The molecule has 0 aliphatic heterocycles. The minimum Gasteiger partial charge on any atom is -0.368 e. The molecule has 0 bridgehead atoms. The number of aromatic nitrogens is 2. The van der Waals surface area contributed by atoms with Crippen molar-refractivity contribution < 1.29 is 9.18 Å². The second-order valence-electron chi connectivity index (χ2n) is 6.36. The van der Waals surface area contributed by atoms with Crippen molar-refractivity contribution in [2.75, 3.05) is 17.2 Å². The molecule has 0 fully saturated rings. The molecule has 27 heavy (non-hydrogen) atoms. The number of carbonyl (C=O) groups is 1. The third kappa shape index (κ3) is 5.10. The molecular formula is C21H21FN4O. The molecule has 0 saturated heterocycles. The highest BCUT2D eigenvalue weighted by Gasteiger charge is 2.10. The molecule has 0 spiro atoms. The van der Waals surface area contributed by atoms with Gasteiger partial charge in [-0.25, -0.2) is 14.4 Å². The first-order valence-corrected chi connectivity index (χ1v) is 8.70. The maximum Gasteiger partial charge on any atom is 0.275 e. The fourth-order valence-corrected chi connectivity index (χ4v) is 2.58. The Balaban J connectivity index is 1.55. The number of rotatable bonds is 6. The predicted octanol–water partition coefficient (Wildman–Crippen LogP) is 4.14. The first-order chi connectivity index (χ1) is 13.0. The number of carbonyl (C=O) groups excluding carboxylic acids is 1. The summed E-state index contributed by atoms with van der Waals surface area (Å²) in [5, 5.41) is 6.00. The average molecular weight is 364 g/mol. The van der Waals surface area contributed by atoms with E-state index in [1.807, 2.05) is 32.0 Å². The summed E-state index contributed by atoms with van der Waals surface area (Å²) in [6.45, 7) is 4.55. The van der Waals surface area contributed by atoms with Gasteiger partial charge in [0, 0.05) is 12.2 Å². The van der Waals surface area contributed by atoms with Gasteiger partial charge in [0.1, 0.15) is 17.3 Å². The number of benzene rings is 2. The number of hydrogen-bond acceptors (Lipinski definition) is 4. The van der Waals surface area contributed by atoms with E-state index in [1.54, 1.807) is 12.1 Å². The SMILES string of the molecule is Cc1ccc(C)c(NC(=O)c2cnc(NCCc3ccc(F)cc3)cn2)c1. The molecule has 1 heterocycles. The van der Waals surface area contributed by atoms with Gasteiger partial charge in [-0.2, -0.15) is 0 Å². The summed E-state index contributed by atoms with van der Waals surface area (Å²) < 4.78 is 12.9. The summed E-state index contributed by atoms with van der Waals surface area (Å²) in [4.78, 5) is 20.8. The molecule has 0 atom stereocenters. The topological polar surface area (TPSA) is 66.9 Å². The number of amides is 1. The molecule has 2 aromatic carbocycles. The summed E-state index contributed by atoms with van der Waals surface area (Å²) >= 11 is 0. The lowest BCUT2D eigenvalue weighted by Gasteiger charge is -2.09. The van der Waals surface area contributed by atoms with E-state index in [9.17, 15) is 9.18 Å². The van der Waals surface area contributed by atoms with Crippen LogP contribution in [-0.4, -0.2) is 22.4 Å². The van der Waals surface area contributed by atoms with Crippen LogP contribution in [0.1, 0.15) is 27.2 Å². The van der Waals surface area contributed by atoms with Crippen LogP contribution in [0.15, 0.2) is 54.9 Å². The molecule has 3 rings (SSSR count). The molecule has 0 aliphatic rings. The lowest BCUT2D eigenvalue weighted by Crippen LogP contribution is -2.15. The van der Waals surface area contributed by atoms with E-state index in [2.05, 4.69) is 20.6 Å². The summed E-state index contributed by atoms with van der Waals surface area (Å²) in [6, 6.07) is 12.3. The molecule has 6 heteroatoms. The summed E-state index contributed by atoms with van der Waals surface area (Å²) in [6.07, 6.45) is 3.71. The van der Waals surface area contributed by atoms with Gasteiger partial charge in [0.25, 0.3) is 5.91 Å². The number of nitrogens with one attached hydrogen (secondary N) is 2. The quantitative estimate of drug-likeness (QED) is 0.690. The second-order valence-corrected chi connectivity index (χ2v) is 6.36. The van der Waals surface area contributed by atoms with Gasteiger partial charge in [-0.1, -0.05) is 24.3 Å². The molecule has 0 radical (unpaired) electrons. The van der Waals surface area contributed by atoms with E-state index in [0.717, 1.165) is 28.8 Å². The van der Waals surface area contributed by atoms with Gasteiger partial charge in [0.2, 0.25) is 0 Å². The lowest BCUT2D eigenvalue weighted by molar-refractivity contribution is 0.102. The molecule has 2 N–H and O–H groups in total. The van der Waals surface area contributed by atoms with Gasteiger partial charge in [0.05, 0.1) is 12.4 Å². The third-order valence-corrected chi connectivity index (χ3v) is 4.16. The van der Waals surface area contributed by atoms with Gasteiger partial charge in [-0.05, 0) is 55.2 Å². The first-order valence-electron chi connectivity index (χ1n) is 8.70. The van der Waals surface area contributed by atoms with Crippen LogP contribution in [0.2, 0.25) is 0 Å². The summed E-state index contributed by atoms with van der Waals surface area (Å²) in [5.74, 6) is 0.0433. The van der Waals surface area contributed by atoms with Gasteiger partial charge in [-0.15, -0.1) is 0 Å². The number of halogens is 1. The highest BCUT2D eigenvalue weighted by atomic mass is 19.1. The molecule has 1 aromatic heterocycles. The van der Waals surface area contributed by atoms with Crippen molar-refractivity contribution in [1.29, 1.82) is 0 Å². The van der Waals surface area contributed by atoms with E-state index < -0.39 is 0 Å². The number of aryl methyl sites for hydroxylation is 2. The smallest absolute Gasteiger partial charge is 0.275 e. The Hall–Kier alpha value is -3.28. The average Bonchev–Trinajstić information content (AvgIpc) is 2.67. The monoisotopic (exact) mass is 364 g/mol. The zero-order valence-electron chi connectivity index (χ0n) is 15.3. The van der Waals surface area contributed by atoms with Crippen LogP contribution in [0.25, 0.3) is 0 Å². The van der Waals surface area contributed by atoms with Crippen LogP contribution >= 0.6 is 0 Å². The van der Waals surface area contributed by atoms with Crippen LogP contribution in [-0.2, 0) is 6.42 Å². The molecular weight excluding hydrogens is 343 g/mol. The Morgan fingerprint density at radius 1 is 1.04 bits per heavy atom. The maximum atomic E-state index is 12.9. The molecule has 0 unspecified atom stereocenters. The van der Waals surface area contributed by atoms with E-state index in [4.69, 9.17) is 0 Å². The molecule has 138 valence electrons. The van der Waals surface area contributed by atoms with Crippen molar-refractivity contribution >= 4 is 17.4 Å². The van der Waals surface area contributed by atoms with Crippen LogP contribution in [0, 0.1) is 19.7 Å². The first kappa shape index (κ1) is 18.5. The van der Waals surface area contributed by atoms with Crippen LogP contribution in [0.3, 0.4) is 0 Å². The number of hydrogen-bond donors (Lipinski definition) is 2. The zero-order valence-corrected chi connectivity index (χ0v) is 15.3. The Kier molecular flexibility index (Phi) is 5.76. The summed E-state index contributed by atoms with van der Waals surface area (Å²) in [5.41, 5.74) is 4.10. The Labute approximate surface area is 157 Å². The number of nitrogens with zero attached hydrogens (tertiary/aromatic N) is 2. The minimum atomic E-state index is -0.297. The lowest BCUT2D eigenvalue weighted by atomic mass is 10.1. The third-order valence-electron chi connectivity index (χ3n) is 4.16. The van der Waals surface area contributed by atoms with Crippen LogP contribution in [0.5, 0.6) is 0 Å². The van der Waals surface area contributed by atoms with Crippen LogP contribution in [0.4, 0.5) is 15.9 Å². The predicted molar refractivity (Wildman–Crippen MR) is 104 cm³/mol. The Morgan fingerprint density at radius 2 is 1.81 bits per heavy atom. The maximum absolute atomic E-state index is 12.9. The van der Waals surface area contributed by atoms with Gasteiger partial charge in [0.15, 0.2) is 0 Å². The molecule has 0 aliphatic carbocycles. The fraction of sp³-hybridized carbons (Fsp3) is 0.190. The van der Waals surface area contributed by atoms with Gasteiger partial charge in [-0.3, -0.25) is 4.79 Å². The van der Waals surface area contributed by atoms with Crippen molar-refractivity contribution in [1.82, 2.24) is 9.97 Å². The molecule has 3 aromatic rings. The Bertz CT molecular complexity index is 924. The second kappa shape index (κ2) is 8.40. The Morgan fingerprint density at radius 3 is 2.52 bits per heavy atom. The highest BCUT2D eigenvalue weighted by Crippen LogP contribution is 2.17. The van der Waals surface area contributed by atoms with Gasteiger partial charge >= 0.3 is 0 Å². The zero-order chi connectivity index (χ0) is 19.2. The van der Waals surface area contributed by atoms with E-state index in [0.29, 0.717) is 12.4 Å². The van der Waals surface area contributed by atoms with Crippen molar-refractivity contribution in [3.05, 3.63) is 83.1 Å². The molecule has 0 saturated carbocycles. The normalized spacial score (nSPS) is 10.5. The van der Waals surface area contributed by atoms with E-state index in [-0.39, 0.29) is 17.4 Å². The minimum absolute atomic E-state index is 0.243. The van der Waals surface area contributed by atoms with Crippen molar-refractivity contribution in [2.45, 2.75) is 20.3 Å². The fourth-order valence-electron chi connectivity index (χ4n) is 2.58. The molecule has 5 nitrogen and oxygen atoms in total. The largest absolute Gasteiger partial charge is 0.368 e. The van der Waals surface area contributed by atoms with Crippen molar-refractivity contribution in [3.8, 4) is 0 Å². The van der Waals surface area contributed by atoms with Crippen LogP contribution < -0.4 is 10.6 Å². The standard InChI is InChI=1S/C21H21FN4O/c1-14-3-4-15(2)18(11-14)26-21(27)19-12-25-20(13-24-19)23-10-9-16-5-7-17(22)8-6-16/h3-8,11-13H,9-10H2,1-2H3,(H,23,25)(H,26,27). The summed E-state index contributed by atoms with van der Waals surface area (Å²) in [7, 11) is 0. The highest BCUT2D eigenvalue weighted by molar-refractivity contribution is 6.03. The van der Waals surface area contributed by atoms with E-state index >= 15 is 0 Å². The van der Waals surface area contributed by atoms with Gasteiger partial charge < -0.3 is 10.6 Å². The molecule has 1 amide bonds. The number of anilines is 2. The van der Waals surface area contributed by atoms with Crippen molar-refractivity contribution in [3.63, 3.8) is 0 Å². The van der Waals surface area contributed by atoms with E-state index in [1.165, 1.54) is 24.5 Å².